The van der Waals surface area contributed by atoms with Gasteiger partial charge in [-0.3, -0.25) is 4.79 Å². The number of anilines is 1. The first-order valence-electron chi connectivity index (χ1n) is 11.3. The molecule has 1 aliphatic rings. The first-order chi connectivity index (χ1) is 15.8. The van der Waals surface area contributed by atoms with Gasteiger partial charge in [0.15, 0.2) is 4.34 Å². The van der Waals surface area contributed by atoms with Crippen molar-refractivity contribution in [1.82, 2.24) is 4.98 Å². The molecule has 0 N–H and O–H groups in total. The maximum absolute atomic E-state index is 13.6. The highest BCUT2D eigenvalue weighted by Gasteiger charge is 2.47. The number of aryl methyl sites for hydroxylation is 1. The van der Waals surface area contributed by atoms with Crippen LogP contribution in [0, 0.1) is 6.92 Å². The van der Waals surface area contributed by atoms with E-state index >= 15 is 0 Å². The minimum Gasteiger partial charge on any atom is -0.306 e. The molecule has 168 valence electrons. The lowest BCUT2D eigenvalue weighted by Gasteiger charge is -2.51. The van der Waals surface area contributed by atoms with E-state index in [4.69, 9.17) is 4.98 Å². The molecule has 1 unspecified atom stereocenters. The molecule has 33 heavy (non-hydrogen) atoms. The molecule has 0 bridgehead atoms. The zero-order valence-electron chi connectivity index (χ0n) is 19.5. The molecule has 0 saturated carbocycles. The molecule has 0 fully saturated rings. The van der Waals surface area contributed by atoms with Gasteiger partial charge in [0.25, 0.3) is 0 Å². The number of para-hydroxylation sites is 2. The summed E-state index contributed by atoms with van der Waals surface area (Å²) in [6, 6.07) is 25.4. The molecule has 4 aromatic rings. The molecule has 2 heterocycles. The summed E-state index contributed by atoms with van der Waals surface area (Å²) in [5, 5.41) is 0. The van der Waals surface area contributed by atoms with Crippen LogP contribution in [0.15, 0.2) is 77.1 Å². The summed E-state index contributed by atoms with van der Waals surface area (Å²) in [7, 11) is 0. The molecule has 0 radical (unpaired) electrons. The highest BCUT2D eigenvalue weighted by atomic mass is 32.2. The second-order valence-electron chi connectivity index (χ2n) is 9.67. The van der Waals surface area contributed by atoms with E-state index in [9.17, 15) is 4.79 Å². The van der Waals surface area contributed by atoms with Crippen LogP contribution in [0.4, 0.5) is 5.69 Å². The molecule has 1 amide bonds. The number of rotatable bonds is 4. The zero-order chi connectivity index (χ0) is 23.2. The maximum atomic E-state index is 13.6. The van der Waals surface area contributed by atoms with Crippen molar-refractivity contribution in [3.8, 4) is 0 Å². The van der Waals surface area contributed by atoms with Crippen molar-refractivity contribution in [3.63, 3.8) is 0 Å². The zero-order valence-corrected chi connectivity index (χ0v) is 21.1. The Kier molecular flexibility index (Phi) is 5.58. The Bertz CT molecular complexity index is 1290. The van der Waals surface area contributed by atoms with E-state index in [1.807, 2.05) is 29.2 Å². The fourth-order valence-corrected chi connectivity index (χ4v) is 7.17. The van der Waals surface area contributed by atoms with E-state index in [0.717, 1.165) is 26.7 Å². The molecule has 3 aromatic carbocycles. The van der Waals surface area contributed by atoms with Gasteiger partial charge < -0.3 is 4.90 Å². The molecule has 5 heteroatoms. The summed E-state index contributed by atoms with van der Waals surface area (Å²) in [4.78, 5) is 20.4. The molecule has 1 atom stereocenters. The monoisotopic (exact) mass is 472 g/mol. The number of carbonyl (C=O) groups is 1. The summed E-state index contributed by atoms with van der Waals surface area (Å²) in [6.07, 6.45) is 0.859. The number of carbonyl (C=O) groups excluding carboxylic acids is 1. The lowest BCUT2D eigenvalue weighted by Crippen LogP contribution is -2.56. The number of thioether (sulfide) groups is 1. The van der Waals surface area contributed by atoms with E-state index in [1.165, 1.54) is 28.5 Å². The Hall–Kier alpha value is -2.63. The highest BCUT2D eigenvalue weighted by molar-refractivity contribution is 8.01. The van der Waals surface area contributed by atoms with Crippen LogP contribution < -0.4 is 4.90 Å². The van der Waals surface area contributed by atoms with Crippen molar-refractivity contribution in [2.24, 2.45) is 0 Å². The molecular weight excluding hydrogens is 444 g/mol. The largest absolute Gasteiger partial charge is 0.306 e. The van der Waals surface area contributed by atoms with Gasteiger partial charge >= 0.3 is 0 Å². The van der Waals surface area contributed by atoms with Crippen LogP contribution in [0.25, 0.3) is 10.2 Å². The van der Waals surface area contributed by atoms with Gasteiger partial charge in [0.05, 0.1) is 16.0 Å². The summed E-state index contributed by atoms with van der Waals surface area (Å²) in [5.74, 6) is 0.501. The van der Waals surface area contributed by atoms with Crippen molar-refractivity contribution >= 4 is 44.9 Å². The summed E-state index contributed by atoms with van der Waals surface area (Å²) in [6.45, 7) is 8.82. The van der Waals surface area contributed by atoms with E-state index in [1.54, 1.807) is 11.3 Å². The van der Waals surface area contributed by atoms with Crippen molar-refractivity contribution in [2.75, 3.05) is 10.7 Å². The van der Waals surface area contributed by atoms with Crippen molar-refractivity contribution in [1.29, 1.82) is 0 Å². The van der Waals surface area contributed by atoms with Crippen LogP contribution in [0.3, 0.4) is 0 Å². The Morgan fingerprint density at radius 3 is 2.45 bits per heavy atom. The summed E-state index contributed by atoms with van der Waals surface area (Å²) >= 11 is 3.19. The molecule has 1 aromatic heterocycles. The van der Waals surface area contributed by atoms with Crippen LogP contribution in [0.1, 0.15) is 43.9 Å². The standard InChI is InChI=1S/C28H28N2OS2/c1-19-13-15-20(16-14-19)28(4)18-27(2,3)30(23-11-7-5-9-21(23)28)25(31)17-32-26-29-22-10-6-8-12-24(22)33-26/h5-16H,17-18H2,1-4H3. The lowest BCUT2D eigenvalue weighted by molar-refractivity contribution is -0.117. The third-order valence-electron chi connectivity index (χ3n) is 6.66. The number of nitrogens with zero attached hydrogens (tertiary/aromatic N) is 2. The first-order valence-corrected chi connectivity index (χ1v) is 13.1. The smallest absolute Gasteiger partial charge is 0.237 e. The Balaban J connectivity index is 1.47. The van der Waals surface area contributed by atoms with Crippen molar-refractivity contribution in [3.05, 3.63) is 89.5 Å². The maximum Gasteiger partial charge on any atom is 0.237 e. The third-order valence-corrected chi connectivity index (χ3v) is 8.83. The quantitative estimate of drug-likeness (QED) is 0.294. The lowest BCUT2D eigenvalue weighted by atomic mass is 9.65. The Morgan fingerprint density at radius 2 is 1.70 bits per heavy atom. The predicted molar refractivity (Wildman–Crippen MR) is 141 cm³/mol. The van der Waals surface area contributed by atoms with Crippen LogP contribution in [-0.2, 0) is 10.2 Å². The van der Waals surface area contributed by atoms with Crippen molar-refractivity contribution < 1.29 is 4.79 Å². The second-order valence-corrected chi connectivity index (χ2v) is 11.9. The van der Waals surface area contributed by atoms with Gasteiger partial charge in [-0.15, -0.1) is 11.3 Å². The van der Waals surface area contributed by atoms with Crippen LogP contribution in [0.5, 0.6) is 0 Å². The second kappa shape index (κ2) is 8.30. The van der Waals surface area contributed by atoms with E-state index in [0.29, 0.717) is 5.75 Å². The average molecular weight is 473 g/mol. The fourth-order valence-electron chi connectivity index (χ4n) is 5.25. The van der Waals surface area contributed by atoms with Gasteiger partial charge in [0.1, 0.15) is 0 Å². The molecule has 5 rings (SSSR count). The van der Waals surface area contributed by atoms with E-state index < -0.39 is 0 Å². The van der Waals surface area contributed by atoms with Crippen LogP contribution in [0.2, 0.25) is 0 Å². The number of benzene rings is 3. The van der Waals surface area contributed by atoms with Gasteiger partial charge in [-0.1, -0.05) is 78.8 Å². The van der Waals surface area contributed by atoms with Gasteiger partial charge in [-0.25, -0.2) is 4.98 Å². The Labute approximate surface area is 203 Å². The first kappa shape index (κ1) is 22.2. The number of hydrogen-bond donors (Lipinski definition) is 0. The minimum atomic E-state index is -0.320. The fraction of sp³-hybridized carbons (Fsp3) is 0.286. The number of aromatic nitrogens is 1. The van der Waals surface area contributed by atoms with Gasteiger partial charge in [0.2, 0.25) is 5.91 Å². The van der Waals surface area contributed by atoms with Gasteiger partial charge in [0, 0.05) is 16.6 Å². The normalized spacial score (nSPS) is 19.5. The average Bonchev–Trinajstić information content (AvgIpc) is 3.20. The number of thiazole rings is 1. The minimum absolute atomic E-state index is 0.127. The van der Waals surface area contributed by atoms with Gasteiger partial charge in [-0.05, 0) is 56.5 Å². The molecule has 0 saturated heterocycles. The van der Waals surface area contributed by atoms with E-state index in [-0.39, 0.29) is 16.9 Å². The van der Waals surface area contributed by atoms with Gasteiger partial charge in [-0.2, -0.15) is 0 Å². The molecular formula is C28H28N2OS2. The van der Waals surface area contributed by atoms with Crippen LogP contribution >= 0.6 is 23.1 Å². The molecule has 3 nitrogen and oxygen atoms in total. The summed E-state index contributed by atoms with van der Waals surface area (Å²) < 4.78 is 2.10. The van der Waals surface area contributed by atoms with Crippen LogP contribution in [-0.4, -0.2) is 22.2 Å². The molecule has 0 spiro atoms. The molecule has 1 aliphatic heterocycles. The number of hydrogen-bond acceptors (Lipinski definition) is 4. The third kappa shape index (κ3) is 3.98. The molecule has 0 aliphatic carbocycles. The topological polar surface area (TPSA) is 33.2 Å². The highest BCUT2D eigenvalue weighted by Crippen LogP contribution is 2.50. The predicted octanol–water partition coefficient (Wildman–Crippen LogP) is 7.22. The number of fused-ring (bicyclic) bond motifs is 2. The summed E-state index contributed by atoms with van der Waals surface area (Å²) in [5.41, 5.74) is 5.30. The Morgan fingerprint density at radius 1 is 1.00 bits per heavy atom. The van der Waals surface area contributed by atoms with E-state index in [2.05, 4.69) is 76.2 Å². The SMILES string of the molecule is Cc1ccc(C2(C)CC(C)(C)N(C(=O)CSc3nc4ccccc4s3)c3ccccc32)cc1. The number of amides is 1. The van der Waals surface area contributed by atoms with Crippen molar-refractivity contribution in [2.45, 2.75) is 49.4 Å².